The largest absolute Gasteiger partial charge is 0.492 e. The predicted molar refractivity (Wildman–Crippen MR) is 116 cm³/mol. The van der Waals surface area contributed by atoms with Crippen LogP contribution in [0.2, 0.25) is 0 Å². The van der Waals surface area contributed by atoms with E-state index in [1.54, 1.807) is 4.90 Å². The fourth-order valence-corrected chi connectivity index (χ4v) is 2.85. The molecule has 0 aliphatic heterocycles. The van der Waals surface area contributed by atoms with Crippen LogP contribution in [0.4, 0.5) is 17.1 Å². The van der Waals surface area contributed by atoms with Crippen LogP contribution >= 0.6 is 0 Å². The highest BCUT2D eigenvalue weighted by atomic mass is 16.6. The van der Waals surface area contributed by atoms with Gasteiger partial charge < -0.3 is 9.64 Å². The lowest BCUT2D eigenvalue weighted by Crippen LogP contribution is -2.25. The molecule has 0 aliphatic carbocycles. The van der Waals surface area contributed by atoms with Gasteiger partial charge in [-0.15, -0.1) is 0 Å². The van der Waals surface area contributed by atoms with Crippen LogP contribution in [0, 0.1) is 10.1 Å². The highest BCUT2D eigenvalue weighted by Gasteiger charge is 2.20. The number of likely N-dealkylation sites (N-methyl/N-ethyl adjacent to an activating group) is 1. The fourth-order valence-electron chi connectivity index (χ4n) is 2.85. The van der Waals surface area contributed by atoms with Gasteiger partial charge in [-0.2, -0.15) is 0 Å². The smallest absolute Gasteiger partial charge is 0.269 e. The van der Waals surface area contributed by atoms with E-state index in [2.05, 4.69) is 0 Å². The third-order valence-electron chi connectivity index (χ3n) is 4.44. The second-order valence-electron chi connectivity index (χ2n) is 6.93. The van der Waals surface area contributed by atoms with Gasteiger partial charge in [-0.1, -0.05) is 18.2 Å². The van der Waals surface area contributed by atoms with Crippen molar-refractivity contribution in [1.29, 1.82) is 0 Å². The van der Waals surface area contributed by atoms with Gasteiger partial charge in [-0.25, -0.2) is 0 Å². The first-order valence-electron chi connectivity index (χ1n) is 9.47. The first kappa shape index (κ1) is 21.0. The monoisotopic (exact) mass is 405 g/mol. The van der Waals surface area contributed by atoms with Crippen molar-refractivity contribution in [2.24, 2.45) is 0 Å². The first-order chi connectivity index (χ1) is 14.5. The highest BCUT2D eigenvalue weighted by Crippen LogP contribution is 2.29. The topological polar surface area (TPSA) is 75.9 Å². The second kappa shape index (κ2) is 9.67. The number of ether oxygens (including phenoxy) is 1. The van der Waals surface area contributed by atoms with Crippen molar-refractivity contribution < 1.29 is 14.5 Å². The second-order valence-corrected chi connectivity index (χ2v) is 6.93. The van der Waals surface area contributed by atoms with E-state index in [4.69, 9.17) is 4.74 Å². The number of anilines is 2. The molecule has 30 heavy (non-hydrogen) atoms. The van der Waals surface area contributed by atoms with Gasteiger partial charge in [0.2, 0.25) is 0 Å². The van der Waals surface area contributed by atoms with Crippen LogP contribution in [-0.4, -0.2) is 43.0 Å². The maximum atomic E-state index is 13.3. The maximum Gasteiger partial charge on any atom is 0.269 e. The minimum absolute atomic E-state index is 0.0583. The number of amides is 1. The Balaban J connectivity index is 1.88. The SMILES string of the molecule is CN(C)CCOc1ccc(N(C(=O)c2ccc([N+](=O)[O-])cc2)c2ccccc2)cc1. The van der Waals surface area contributed by atoms with E-state index in [1.165, 1.54) is 24.3 Å². The highest BCUT2D eigenvalue weighted by molar-refractivity contribution is 6.11. The Bertz CT molecular complexity index is 987. The number of hydrogen-bond donors (Lipinski definition) is 0. The Morgan fingerprint density at radius 3 is 2.07 bits per heavy atom. The molecule has 7 nitrogen and oxygen atoms in total. The number of benzene rings is 3. The summed E-state index contributed by atoms with van der Waals surface area (Å²) in [5, 5.41) is 10.9. The molecule has 0 fully saturated rings. The fraction of sp³-hybridized carbons (Fsp3) is 0.174. The molecule has 1 amide bonds. The first-order valence-corrected chi connectivity index (χ1v) is 9.47. The lowest BCUT2D eigenvalue weighted by molar-refractivity contribution is -0.384. The van der Waals surface area contributed by atoms with E-state index in [0.29, 0.717) is 23.5 Å². The maximum absolute atomic E-state index is 13.3. The molecule has 0 bridgehead atoms. The van der Waals surface area contributed by atoms with Gasteiger partial charge in [0, 0.05) is 35.6 Å². The van der Waals surface area contributed by atoms with Crippen LogP contribution in [0.5, 0.6) is 5.75 Å². The molecule has 0 radical (unpaired) electrons. The van der Waals surface area contributed by atoms with Crippen molar-refractivity contribution in [3.63, 3.8) is 0 Å². The molecular weight excluding hydrogens is 382 g/mol. The third kappa shape index (κ3) is 5.21. The summed E-state index contributed by atoms with van der Waals surface area (Å²) < 4.78 is 5.73. The molecule has 3 aromatic carbocycles. The third-order valence-corrected chi connectivity index (χ3v) is 4.44. The number of carbonyl (C=O) groups is 1. The van der Waals surface area contributed by atoms with Crippen molar-refractivity contribution >= 4 is 23.0 Å². The van der Waals surface area contributed by atoms with Crippen LogP contribution in [0.15, 0.2) is 78.9 Å². The van der Waals surface area contributed by atoms with Gasteiger partial charge >= 0.3 is 0 Å². The summed E-state index contributed by atoms with van der Waals surface area (Å²) in [5.41, 5.74) is 1.67. The van der Waals surface area contributed by atoms with Gasteiger partial charge in [0.1, 0.15) is 12.4 Å². The summed E-state index contributed by atoms with van der Waals surface area (Å²) in [6, 6.07) is 22.1. The molecule has 154 valence electrons. The van der Waals surface area contributed by atoms with Crippen LogP contribution in [0.3, 0.4) is 0 Å². The van der Waals surface area contributed by atoms with Crippen molar-refractivity contribution in [2.45, 2.75) is 0 Å². The Labute approximate surface area is 175 Å². The summed E-state index contributed by atoms with van der Waals surface area (Å²) in [6.07, 6.45) is 0. The van der Waals surface area contributed by atoms with Crippen LogP contribution in [-0.2, 0) is 0 Å². The van der Waals surface area contributed by atoms with Crippen molar-refractivity contribution in [3.05, 3.63) is 94.5 Å². The van der Waals surface area contributed by atoms with E-state index >= 15 is 0 Å². The summed E-state index contributed by atoms with van der Waals surface area (Å²) in [4.78, 5) is 27.3. The van der Waals surface area contributed by atoms with Gasteiger partial charge in [-0.3, -0.25) is 19.8 Å². The predicted octanol–water partition coefficient (Wildman–Crippen LogP) is 4.51. The molecule has 0 atom stereocenters. The quantitative estimate of drug-likeness (QED) is 0.407. The van der Waals surface area contributed by atoms with Gasteiger partial charge in [0.25, 0.3) is 11.6 Å². The lowest BCUT2D eigenvalue weighted by atomic mass is 10.1. The summed E-state index contributed by atoms with van der Waals surface area (Å²) in [6.45, 7) is 1.37. The standard InChI is InChI=1S/C23H23N3O4/c1-24(2)16-17-30-22-14-12-20(13-15-22)25(19-6-4-3-5-7-19)23(27)18-8-10-21(11-9-18)26(28)29/h3-15H,16-17H2,1-2H3. The van der Waals surface area contributed by atoms with Crippen molar-refractivity contribution in [2.75, 3.05) is 32.1 Å². The Kier molecular flexibility index (Phi) is 6.77. The normalized spacial score (nSPS) is 10.6. The minimum atomic E-state index is -0.488. The van der Waals surface area contributed by atoms with E-state index < -0.39 is 4.92 Å². The lowest BCUT2D eigenvalue weighted by Gasteiger charge is -2.23. The molecule has 7 heteroatoms. The zero-order valence-electron chi connectivity index (χ0n) is 16.9. The number of nitro benzene ring substituents is 1. The Hall–Kier alpha value is -3.71. The molecule has 0 saturated heterocycles. The molecule has 0 saturated carbocycles. The number of hydrogen-bond acceptors (Lipinski definition) is 5. The van der Waals surface area contributed by atoms with Gasteiger partial charge in [-0.05, 0) is 62.6 Å². The Morgan fingerprint density at radius 2 is 1.50 bits per heavy atom. The summed E-state index contributed by atoms with van der Waals surface area (Å²) >= 11 is 0. The number of carbonyl (C=O) groups excluding carboxylic acids is 1. The average Bonchev–Trinajstić information content (AvgIpc) is 2.75. The summed E-state index contributed by atoms with van der Waals surface area (Å²) in [7, 11) is 3.96. The molecule has 3 aromatic rings. The molecule has 0 spiro atoms. The van der Waals surface area contributed by atoms with Crippen molar-refractivity contribution in [3.8, 4) is 5.75 Å². The number of non-ortho nitro benzene ring substituents is 1. The number of rotatable bonds is 8. The van der Waals surface area contributed by atoms with Crippen LogP contribution < -0.4 is 9.64 Å². The van der Waals surface area contributed by atoms with E-state index in [-0.39, 0.29) is 11.6 Å². The minimum Gasteiger partial charge on any atom is -0.492 e. The van der Waals surface area contributed by atoms with Gasteiger partial charge in [0.05, 0.1) is 4.92 Å². The summed E-state index contributed by atoms with van der Waals surface area (Å²) in [5.74, 6) is 0.439. The Morgan fingerprint density at radius 1 is 0.900 bits per heavy atom. The molecule has 0 aliphatic rings. The van der Waals surface area contributed by atoms with E-state index in [9.17, 15) is 14.9 Å². The van der Waals surface area contributed by atoms with Crippen LogP contribution in [0.1, 0.15) is 10.4 Å². The van der Waals surface area contributed by atoms with Crippen LogP contribution in [0.25, 0.3) is 0 Å². The molecule has 3 rings (SSSR count). The van der Waals surface area contributed by atoms with E-state index in [0.717, 1.165) is 12.3 Å². The average molecular weight is 405 g/mol. The van der Waals surface area contributed by atoms with Gasteiger partial charge in [0.15, 0.2) is 0 Å². The number of nitrogens with zero attached hydrogens (tertiary/aromatic N) is 3. The molecular formula is C23H23N3O4. The molecule has 0 heterocycles. The molecule has 0 aromatic heterocycles. The zero-order valence-corrected chi connectivity index (χ0v) is 16.9. The number of nitro groups is 1. The van der Waals surface area contributed by atoms with Crippen molar-refractivity contribution in [1.82, 2.24) is 4.90 Å². The van der Waals surface area contributed by atoms with E-state index in [1.807, 2.05) is 73.6 Å². The molecule has 0 unspecified atom stereocenters. The molecule has 0 N–H and O–H groups in total. The number of para-hydroxylation sites is 1. The zero-order chi connectivity index (χ0) is 21.5.